The van der Waals surface area contributed by atoms with Crippen molar-refractivity contribution in [3.8, 4) is 0 Å². The Kier molecular flexibility index (Phi) is 6.77. The first-order chi connectivity index (χ1) is 27.8. The summed E-state index contributed by atoms with van der Waals surface area (Å²) in [5.41, 5.74) is 14.1. The zero-order chi connectivity index (χ0) is 37.8. The van der Waals surface area contributed by atoms with Crippen LogP contribution in [0.25, 0.3) is 30.3 Å². The van der Waals surface area contributed by atoms with Crippen LogP contribution in [0.2, 0.25) is 0 Å². The zero-order valence-corrected chi connectivity index (χ0v) is 34.5. The van der Waals surface area contributed by atoms with E-state index in [1.807, 2.05) is 22.7 Å². The first kappa shape index (κ1) is 33.2. The van der Waals surface area contributed by atoms with Crippen LogP contribution in [-0.2, 0) is 10.8 Å². The number of hydrogen-bond acceptors (Lipinski definition) is 4. The summed E-state index contributed by atoms with van der Waals surface area (Å²) < 4.78 is 5.55. The van der Waals surface area contributed by atoms with Gasteiger partial charge in [0.15, 0.2) is 0 Å². The quantitative estimate of drug-likeness (QED) is 0.165. The normalized spacial score (nSPS) is 23.1. The Bertz CT molecular complexity index is 2930. The number of para-hydroxylation sites is 1. The topological polar surface area (TPSA) is 6.48 Å². The van der Waals surface area contributed by atoms with Gasteiger partial charge in [0.2, 0.25) is 0 Å². The highest BCUT2D eigenvalue weighted by molar-refractivity contribution is 7.33. The molecule has 6 aliphatic rings. The van der Waals surface area contributed by atoms with E-state index in [0.29, 0.717) is 5.41 Å². The number of thiophene rings is 2. The SMILES string of the molecule is CC(C)(C)c1ccc2sc3c(c2c1)N(c1ccccc1)c1cccc2c1B3c1ccc(C34CC5CC(CC(C5)C3)C4)cc1N2c1cccc2c1sc1ccccc12. The van der Waals surface area contributed by atoms with Crippen LogP contribution in [-0.4, -0.2) is 6.71 Å². The van der Waals surface area contributed by atoms with Crippen LogP contribution in [0.3, 0.4) is 0 Å². The van der Waals surface area contributed by atoms with Gasteiger partial charge in [-0.2, -0.15) is 0 Å². The summed E-state index contributed by atoms with van der Waals surface area (Å²) in [5, 5.41) is 4.07. The minimum absolute atomic E-state index is 0.0551. The number of rotatable bonds is 3. The van der Waals surface area contributed by atoms with Gasteiger partial charge in [0.1, 0.15) is 0 Å². The third kappa shape index (κ3) is 4.65. The summed E-state index contributed by atoms with van der Waals surface area (Å²) in [6.07, 6.45) is 8.51. The Morgan fingerprint density at radius 2 is 1.25 bits per heavy atom. The first-order valence-corrected chi connectivity index (χ1v) is 22.8. The predicted octanol–water partition coefficient (Wildman–Crippen LogP) is 13.1. The molecule has 4 saturated carbocycles. The van der Waals surface area contributed by atoms with E-state index in [1.54, 1.807) is 5.56 Å². The van der Waals surface area contributed by atoms with Crippen molar-refractivity contribution >= 4 is 109 Å². The Morgan fingerprint density at radius 1 is 0.579 bits per heavy atom. The van der Waals surface area contributed by atoms with Crippen molar-refractivity contribution in [1.82, 2.24) is 0 Å². The van der Waals surface area contributed by atoms with Crippen molar-refractivity contribution in [3.05, 3.63) is 139 Å². The van der Waals surface area contributed by atoms with Gasteiger partial charge < -0.3 is 9.80 Å². The lowest BCUT2D eigenvalue weighted by Gasteiger charge is -2.57. The zero-order valence-electron chi connectivity index (χ0n) is 32.9. The van der Waals surface area contributed by atoms with Gasteiger partial charge in [-0.25, -0.2) is 0 Å². The second-order valence-corrected chi connectivity index (χ2v) is 21.3. The fourth-order valence-corrected chi connectivity index (χ4v) is 15.2. The summed E-state index contributed by atoms with van der Waals surface area (Å²) in [4.78, 5) is 5.30. The van der Waals surface area contributed by atoms with Crippen molar-refractivity contribution in [3.63, 3.8) is 0 Å². The van der Waals surface area contributed by atoms with Crippen LogP contribution in [0.4, 0.5) is 34.1 Å². The van der Waals surface area contributed by atoms with Gasteiger partial charge >= 0.3 is 0 Å². The van der Waals surface area contributed by atoms with Gasteiger partial charge in [-0.15, -0.1) is 22.7 Å². The lowest BCUT2D eigenvalue weighted by molar-refractivity contribution is -0.00516. The molecular formula is C52H45BN2S2. The van der Waals surface area contributed by atoms with Crippen molar-refractivity contribution in [2.24, 2.45) is 17.8 Å². The number of fused-ring (bicyclic) bond motifs is 9. The average molecular weight is 773 g/mol. The molecule has 57 heavy (non-hydrogen) atoms. The summed E-state index contributed by atoms with van der Waals surface area (Å²) in [5.74, 6) is 2.71. The maximum absolute atomic E-state index is 2.71. The standard InChI is InChI=1S/C52H45BN2S2/c1-51(2,3)34-20-22-46-39(26-34)48-50(57-46)53-40-21-19-35(52-28-31-23-32(29-52)25-33(24-31)30-52)27-44(40)55(43-17-9-14-38-37-13-7-8-18-45(37)56-49(38)43)42-16-10-15-41(47(42)53)54(48)36-11-5-4-6-12-36/h4-22,26-27,31-33H,23-25,28-30H2,1-3H3. The Balaban J connectivity index is 1.12. The molecule has 0 radical (unpaired) electrons. The highest BCUT2D eigenvalue weighted by atomic mass is 32.1. The van der Waals surface area contributed by atoms with Gasteiger partial charge in [-0.3, -0.25) is 0 Å². The molecule has 2 aliphatic heterocycles. The van der Waals surface area contributed by atoms with Gasteiger partial charge in [0.25, 0.3) is 6.71 Å². The van der Waals surface area contributed by atoms with Crippen molar-refractivity contribution in [1.29, 1.82) is 0 Å². The van der Waals surface area contributed by atoms with Crippen LogP contribution in [0.1, 0.15) is 70.4 Å². The number of hydrogen-bond donors (Lipinski definition) is 0. The van der Waals surface area contributed by atoms with E-state index >= 15 is 0 Å². The van der Waals surface area contributed by atoms with Crippen LogP contribution < -0.4 is 25.5 Å². The molecule has 6 aromatic carbocycles. The minimum atomic E-state index is 0.0551. The summed E-state index contributed by atoms with van der Waals surface area (Å²) in [6.45, 7) is 7.16. The monoisotopic (exact) mass is 772 g/mol. The molecule has 14 rings (SSSR count). The van der Waals surface area contributed by atoms with E-state index in [9.17, 15) is 0 Å². The average Bonchev–Trinajstić information content (AvgIpc) is 3.79. The van der Waals surface area contributed by atoms with Gasteiger partial charge in [0, 0.05) is 53.1 Å². The Hall–Kier alpha value is -4.84. The fraction of sp³-hybridized carbons (Fsp3) is 0.269. The van der Waals surface area contributed by atoms with E-state index in [-0.39, 0.29) is 12.1 Å². The predicted molar refractivity (Wildman–Crippen MR) is 247 cm³/mol. The fourth-order valence-electron chi connectivity index (χ4n) is 12.7. The van der Waals surface area contributed by atoms with Gasteiger partial charge in [-0.05, 0) is 144 Å². The molecule has 0 N–H and O–H groups in total. The molecule has 2 nitrogen and oxygen atoms in total. The summed E-state index contributed by atoms with van der Waals surface area (Å²) in [6, 6.07) is 49.5. The molecular weight excluding hydrogens is 728 g/mol. The third-order valence-electron chi connectivity index (χ3n) is 14.7. The van der Waals surface area contributed by atoms with Crippen molar-refractivity contribution in [2.75, 3.05) is 9.80 Å². The number of nitrogens with zero attached hydrogens (tertiary/aromatic N) is 2. The summed E-state index contributed by atoms with van der Waals surface area (Å²) >= 11 is 3.97. The molecule has 0 spiro atoms. The summed E-state index contributed by atoms with van der Waals surface area (Å²) in [7, 11) is 0. The molecule has 2 aromatic heterocycles. The van der Waals surface area contributed by atoms with Crippen LogP contribution in [0, 0.1) is 17.8 Å². The molecule has 4 heterocycles. The third-order valence-corrected chi connectivity index (χ3v) is 17.2. The smallest absolute Gasteiger partial charge is 0.264 e. The number of benzene rings is 6. The van der Waals surface area contributed by atoms with E-state index < -0.39 is 0 Å². The lowest BCUT2D eigenvalue weighted by Crippen LogP contribution is -2.60. The van der Waals surface area contributed by atoms with E-state index in [4.69, 9.17) is 0 Å². The van der Waals surface area contributed by atoms with Crippen molar-refractivity contribution in [2.45, 2.75) is 70.1 Å². The highest BCUT2D eigenvalue weighted by Crippen LogP contribution is 2.61. The van der Waals surface area contributed by atoms with E-state index in [1.165, 1.54) is 124 Å². The molecule has 4 fully saturated rings. The molecule has 0 saturated heterocycles. The second-order valence-electron chi connectivity index (χ2n) is 19.1. The molecule has 0 amide bonds. The molecule has 0 unspecified atom stereocenters. The van der Waals surface area contributed by atoms with Gasteiger partial charge in [-0.1, -0.05) is 93.6 Å². The molecule has 0 atom stereocenters. The number of anilines is 6. The van der Waals surface area contributed by atoms with E-state index in [0.717, 1.165) is 17.8 Å². The maximum atomic E-state index is 2.71. The molecule has 5 heteroatoms. The lowest BCUT2D eigenvalue weighted by atomic mass is 9.36. The largest absolute Gasteiger partial charge is 0.310 e. The molecule has 4 aliphatic carbocycles. The second kappa shape index (κ2) is 11.6. The molecule has 4 bridgehead atoms. The van der Waals surface area contributed by atoms with Crippen LogP contribution >= 0.6 is 22.7 Å². The van der Waals surface area contributed by atoms with Gasteiger partial charge in [0.05, 0.1) is 16.1 Å². The van der Waals surface area contributed by atoms with E-state index in [2.05, 4.69) is 158 Å². The van der Waals surface area contributed by atoms with Crippen LogP contribution in [0.5, 0.6) is 0 Å². The first-order valence-electron chi connectivity index (χ1n) is 21.2. The molecule has 278 valence electrons. The highest BCUT2D eigenvalue weighted by Gasteiger charge is 2.52. The minimum Gasteiger partial charge on any atom is -0.310 e. The molecule has 8 aromatic rings. The Morgan fingerprint density at radius 3 is 2.02 bits per heavy atom. The maximum Gasteiger partial charge on any atom is 0.264 e. The van der Waals surface area contributed by atoms with Crippen LogP contribution in [0.15, 0.2) is 127 Å². The van der Waals surface area contributed by atoms with Crippen molar-refractivity contribution < 1.29 is 0 Å². The Labute approximate surface area is 343 Å².